The van der Waals surface area contributed by atoms with Gasteiger partial charge >= 0.3 is 0 Å². The minimum Gasteiger partial charge on any atom is -0.494 e. The molecule has 0 saturated heterocycles. The van der Waals surface area contributed by atoms with Crippen molar-refractivity contribution in [2.75, 3.05) is 25.1 Å². The maximum atomic E-state index is 5.26. The van der Waals surface area contributed by atoms with Crippen molar-refractivity contribution in [3.63, 3.8) is 0 Å². The molecule has 0 unspecified atom stereocenters. The van der Waals surface area contributed by atoms with E-state index in [9.17, 15) is 0 Å². The summed E-state index contributed by atoms with van der Waals surface area (Å²) in [5, 5.41) is 0. The molecule has 3 heteroatoms. The normalized spacial score (nSPS) is 9.80. The van der Waals surface area contributed by atoms with Crippen LogP contribution >= 0.6 is 0 Å². The molecule has 1 aromatic carbocycles. The Bertz CT molecular complexity index is 332. The number of hydrogen-bond donors (Lipinski definition) is 0. The summed E-state index contributed by atoms with van der Waals surface area (Å²) in [6.45, 7) is 9.75. The molecule has 0 aromatic heterocycles. The van der Waals surface area contributed by atoms with Crippen LogP contribution in [0.5, 0.6) is 5.75 Å². The van der Waals surface area contributed by atoms with Crippen molar-refractivity contribution in [2.24, 2.45) is 4.99 Å². The Hall–Kier alpha value is -1.51. The second-order valence-corrected chi connectivity index (χ2v) is 3.19. The zero-order valence-electron chi connectivity index (χ0n) is 9.66. The number of benzene rings is 1. The maximum Gasteiger partial charge on any atom is 0.146 e. The third-order valence-corrected chi connectivity index (χ3v) is 2.46. The molecule has 0 aliphatic rings. The summed E-state index contributed by atoms with van der Waals surface area (Å²) < 4.78 is 5.26. The molecular formula is C12H18N2O. The topological polar surface area (TPSA) is 24.8 Å². The first-order valence-electron chi connectivity index (χ1n) is 5.16. The number of aliphatic imine (C=N–C) groups is 1. The first-order valence-corrected chi connectivity index (χ1v) is 5.16. The van der Waals surface area contributed by atoms with E-state index >= 15 is 0 Å². The monoisotopic (exact) mass is 206 g/mol. The average molecular weight is 206 g/mol. The molecule has 1 aromatic rings. The van der Waals surface area contributed by atoms with Gasteiger partial charge in [0.05, 0.1) is 7.11 Å². The van der Waals surface area contributed by atoms with Crippen molar-refractivity contribution < 1.29 is 4.74 Å². The molecule has 0 aliphatic carbocycles. The van der Waals surface area contributed by atoms with Crippen LogP contribution in [0.2, 0.25) is 0 Å². The zero-order chi connectivity index (χ0) is 11.3. The Morgan fingerprint density at radius 3 is 2.47 bits per heavy atom. The maximum absolute atomic E-state index is 5.26. The first-order chi connectivity index (χ1) is 7.26. The molecule has 0 fully saturated rings. The largest absolute Gasteiger partial charge is 0.494 e. The van der Waals surface area contributed by atoms with Gasteiger partial charge in [0.15, 0.2) is 0 Å². The lowest BCUT2D eigenvalue weighted by atomic mass is 10.2. The molecule has 0 saturated carbocycles. The molecule has 0 radical (unpaired) electrons. The standard InChI is InChI=1S/C12H18N2O/c1-5-14(6-2)10-7-8-11(13-3)12(9-10)15-4/h7-9H,3,5-6H2,1-2,4H3. The van der Waals surface area contributed by atoms with Crippen molar-refractivity contribution in [3.8, 4) is 5.75 Å². The summed E-state index contributed by atoms with van der Waals surface area (Å²) in [7, 11) is 1.65. The van der Waals surface area contributed by atoms with E-state index < -0.39 is 0 Å². The number of rotatable bonds is 5. The molecule has 0 N–H and O–H groups in total. The van der Waals surface area contributed by atoms with E-state index in [1.54, 1.807) is 7.11 Å². The Kier molecular flexibility index (Phi) is 4.16. The third-order valence-electron chi connectivity index (χ3n) is 2.46. The summed E-state index contributed by atoms with van der Waals surface area (Å²) in [6.07, 6.45) is 0. The second-order valence-electron chi connectivity index (χ2n) is 3.19. The van der Waals surface area contributed by atoms with E-state index in [0.717, 1.165) is 30.2 Å². The smallest absolute Gasteiger partial charge is 0.146 e. The predicted octanol–water partition coefficient (Wildman–Crippen LogP) is 2.87. The van der Waals surface area contributed by atoms with Gasteiger partial charge in [-0.1, -0.05) is 0 Å². The van der Waals surface area contributed by atoms with Gasteiger partial charge in [-0.25, -0.2) is 0 Å². The molecule has 0 amide bonds. The lowest BCUT2D eigenvalue weighted by molar-refractivity contribution is 0.416. The molecule has 1 rings (SSSR count). The fraction of sp³-hybridized carbons (Fsp3) is 0.417. The van der Waals surface area contributed by atoms with Gasteiger partial charge in [0.25, 0.3) is 0 Å². The fourth-order valence-corrected chi connectivity index (χ4v) is 1.58. The SMILES string of the molecule is C=Nc1ccc(N(CC)CC)cc1OC. The lowest BCUT2D eigenvalue weighted by Crippen LogP contribution is -2.21. The van der Waals surface area contributed by atoms with Gasteiger partial charge in [-0.05, 0) is 32.7 Å². The minimum atomic E-state index is 0.773. The first kappa shape index (κ1) is 11.6. The molecule has 0 aliphatic heterocycles. The van der Waals surface area contributed by atoms with Crippen LogP contribution in [-0.2, 0) is 0 Å². The van der Waals surface area contributed by atoms with Gasteiger partial charge in [-0.3, -0.25) is 4.99 Å². The molecule has 15 heavy (non-hydrogen) atoms. The van der Waals surface area contributed by atoms with Crippen LogP contribution in [0.3, 0.4) is 0 Å². The molecule has 3 nitrogen and oxygen atoms in total. The van der Waals surface area contributed by atoms with Crippen LogP contribution in [0.25, 0.3) is 0 Å². The number of nitrogens with zero attached hydrogens (tertiary/aromatic N) is 2. The fourth-order valence-electron chi connectivity index (χ4n) is 1.58. The average Bonchev–Trinajstić information content (AvgIpc) is 2.30. The Labute approximate surface area is 91.4 Å². The van der Waals surface area contributed by atoms with E-state index in [2.05, 4.69) is 30.5 Å². The Morgan fingerprint density at radius 2 is 2.00 bits per heavy atom. The highest BCUT2D eigenvalue weighted by atomic mass is 16.5. The van der Waals surface area contributed by atoms with Crippen molar-refractivity contribution in [1.29, 1.82) is 0 Å². The molecule has 0 heterocycles. The van der Waals surface area contributed by atoms with Crippen LogP contribution < -0.4 is 9.64 Å². The quantitative estimate of drug-likeness (QED) is 0.692. The highest BCUT2D eigenvalue weighted by Gasteiger charge is 2.06. The van der Waals surface area contributed by atoms with Crippen LogP contribution in [0.1, 0.15) is 13.8 Å². The van der Waals surface area contributed by atoms with Gasteiger partial charge in [-0.15, -0.1) is 0 Å². The van der Waals surface area contributed by atoms with Crippen molar-refractivity contribution in [2.45, 2.75) is 13.8 Å². The van der Waals surface area contributed by atoms with Gasteiger partial charge < -0.3 is 9.64 Å². The summed E-state index contributed by atoms with van der Waals surface area (Å²) in [5.41, 5.74) is 1.94. The van der Waals surface area contributed by atoms with Crippen molar-refractivity contribution in [3.05, 3.63) is 18.2 Å². The Balaban J connectivity index is 3.06. The molecule has 0 spiro atoms. The third kappa shape index (κ3) is 2.49. The summed E-state index contributed by atoms with van der Waals surface area (Å²) in [4.78, 5) is 6.16. The van der Waals surface area contributed by atoms with Gasteiger partial charge in [0.2, 0.25) is 0 Å². The highest BCUT2D eigenvalue weighted by Crippen LogP contribution is 2.31. The number of hydrogen-bond acceptors (Lipinski definition) is 3. The molecular weight excluding hydrogens is 188 g/mol. The van der Waals surface area contributed by atoms with Crippen molar-refractivity contribution in [1.82, 2.24) is 0 Å². The van der Waals surface area contributed by atoms with Crippen molar-refractivity contribution >= 4 is 18.1 Å². The summed E-state index contributed by atoms with van der Waals surface area (Å²) in [6, 6.07) is 5.97. The Morgan fingerprint density at radius 1 is 1.33 bits per heavy atom. The van der Waals surface area contributed by atoms with E-state index in [-0.39, 0.29) is 0 Å². The van der Waals surface area contributed by atoms with Crippen LogP contribution in [0, 0.1) is 0 Å². The number of anilines is 1. The molecule has 0 bridgehead atoms. The molecule has 82 valence electrons. The predicted molar refractivity (Wildman–Crippen MR) is 65.8 cm³/mol. The summed E-state index contributed by atoms with van der Waals surface area (Å²) >= 11 is 0. The number of ether oxygens (including phenoxy) is 1. The van der Waals surface area contributed by atoms with Crippen LogP contribution in [-0.4, -0.2) is 26.9 Å². The minimum absolute atomic E-state index is 0.773. The van der Waals surface area contributed by atoms with E-state index in [1.165, 1.54) is 0 Å². The zero-order valence-corrected chi connectivity index (χ0v) is 9.66. The summed E-state index contributed by atoms with van der Waals surface area (Å²) in [5.74, 6) is 0.773. The van der Waals surface area contributed by atoms with Gasteiger partial charge in [-0.2, -0.15) is 0 Å². The van der Waals surface area contributed by atoms with Gasteiger partial charge in [0.1, 0.15) is 11.4 Å². The number of methoxy groups -OCH3 is 1. The van der Waals surface area contributed by atoms with Crippen LogP contribution in [0.4, 0.5) is 11.4 Å². The molecule has 0 atom stereocenters. The van der Waals surface area contributed by atoms with E-state index in [0.29, 0.717) is 0 Å². The van der Waals surface area contributed by atoms with E-state index in [4.69, 9.17) is 4.74 Å². The van der Waals surface area contributed by atoms with Gasteiger partial charge in [0, 0.05) is 24.8 Å². The lowest BCUT2D eigenvalue weighted by Gasteiger charge is -2.21. The second kappa shape index (κ2) is 5.39. The van der Waals surface area contributed by atoms with Crippen LogP contribution in [0.15, 0.2) is 23.2 Å². The highest BCUT2D eigenvalue weighted by molar-refractivity contribution is 5.63. The van der Waals surface area contributed by atoms with E-state index in [1.807, 2.05) is 18.2 Å².